The molecule has 7 heteroatoms. The molecule has 4 atom stereocenters. The highest BCUT2D eigenvalue weighted by atomic mass is 32.2. The Labute approximate surface area is 131 Å². The Kier molecular flexibility index (Phi) is 4.28. The number of benzene rings is 1. The van der Waals surface area contributed by atoms with Crippen LogP contribution in [0.5, 0.6) is 0 Å². The Hall–Kier alpha value is -1.70. The molecule has 1 amide bonds. The minimum Gasteiger partial charge on any atom is -0.755 e. The van der Waals surface area contributed by atoms with E-state index in [1.54, 1.807) is 0 Å². The molecule has 0 aliphatic carbocycles. The summed E-state index contributed by atoms with van der Waals surface area (Å²) in [6, 6.07) is 9.28. The number of rotatable bonds is 4. The van der Waals surface area contributed by atoms with Crippen LogP contribution in [0.3, 0.4) is 0 Å². The third kappa shape index (κ3) is 2.79. The van der Waals surface area contributed by atoms with Crippen LogP contribution in [0, 0.1) is 5.92 Å². The second kappa shape index (κ2) is 6.20. The molecule has 2 aliphatic heterocycles. The van der Waals surface area contributed by atoms with Gasteiger partial charge in [0.15, 0.2) is 0 Å². The molecule has 0 bridgehead atoms. The van der Waals surface area contributed by atoms with Gasteiger partial charge in [-0.25, -0.2) is 0 Å². The molecule has 2 unspecified atom stereocenters. The summed E-state index contributed by atoms with van der Waals surface area (Å²) in [5.74, 6) is -0.834. The zero-order valence-corrected chi connectivity index (χ0v) is 12.7. The minimum absolute atomic E-state index is 0.0723. The third-order valence-corrected chi connectivity index (χ3v) is 4.73. The van der Waals surface area contributed by atoms with E-state index < -0.39 is 23.3 Å². The number of aliphatic hydroxyl groups excluding tert-OH is 1. The molecular weight excluding hydrogens is 304 g/mol. The molecule has 2 aliphatic rings. The Morgan fingerprint density at radius 3 is 2.82 bits per heavy atom. The maximum atomic E-state index is 11.9. The first-order valence-electron chi connectivity index (χ1n) is 7.17. The predicted octanol–water partition coefficient (Wildman–Crippen LogP) is 0.608. The lowest BCUT2D eigenvalue weighted by Gasteiger charge is -2.27. The Bertz CT molecular complexity index is 619. The molecule has 1 aromatic rings. The topological polar surface area (TPSA) is 92.7 Å². The second-order valence-electron chi connectivity index (χ2n) is 5.53. The molecule has 2 N–H and O–H groups in total. The fraction of sp³-hybridized carbons (Fsp3) is 0.400. The predicted molar refractivity (Wildman–Crippen MR) is 79.8 cm³/mol. The lowest BCUT2D eigenvalue weighted by atomic mass is 9.98. The number of aliphatic hydroxyl groups is 1. The average Bonchev–Trinajstić information content (AvgIpc) is 3.08. The number of amides is 1. The second-order valence-corrected chi connectivity index (χ2v) is 6.21. The van der Waals surface area contributed by atoms with Crippen LogP contribution in [0.1, 0.15) is 24.5 Å². The molecule has 22 heavy (non-hydrogen) atoms. The van der Waals surface area contributed by atoms with E-state index in [1.807, 2.05) is 46.0 Å². The largest absolute Gasteiger partial charge is 0.755 e. The van der Waals surface area contributed by atoms with Gasteiger partial charge in [-0.15, -0.1) is 0 Å². The number of nitrogens with one attached hydrogen (secondary N) is 1. The minimum atomic E-state index is -2.58. The summed E-state index contributed by atoms with van der Waals surface area (Å²) in [6.45, 7) is 0.643. The van der Waals surface area contributed by atoms with Crippen molar-refractivity contribution in [3.8, 4) is 0 Å². The van der Waals surface area contributed by atoms with Gasteiger partial charge in [-0.3, -0.25) is 13.7 Å². The van der Waals surface area contributed by atoms with E-state index in [9.17, 15) is 18.7 Å². The number of carbonyl (C=O) groups excluding carboxylic acids is 1. The van der Waals surface area contributed by atoms with Gasteiger partial charge in [-0.1, -0.05) is 36.4 Å². The van der Waals surface area contributed by atoms with Gasteiger partial charge in [0, 0.05) is 29.6 Å². The monoisotopic (exact) mass is 321 g/mol. The van der Waals surface area contributed by atoms with Gasteiger partial charge in [0.05, 0.1) is 5.92 Å². The summed E-state index contributed by atoms with van der Waals surface area (Å²) in [7, 11) is 0. The smallest absolute Gasteiger partial charge is 0.236 e. The molecule has 6 nitrogen and oxygen atoms in total. The number of carbonyl (C=O) groups is 1. The van der Waals surface area contributed by atoms with Gasteiger partial charge in [0.25, 0.3) is 0 Å². The maximum absolute atomic E-state index is 11.9. The highest BCUT2D eigenvalue weighted by molar-refractivity contribution is 7.77. The zero-order valence-electron chi connectivity index (χ0n) is 11.8. The van der Waals surface area contributed by atoms with Gasteiger partial charge in [0.1, 0.15) is 6.10 Å². The summed E-state index contributed by atoms with van der Waals surface area (Å²) in [5, 5.41) is 10.5. The van der Waals surface area contributed by atoms with Gasteiger partial charge < -0.3 is 14.6 Å². The van der Waals surface area contributed by atoms with E-state index in [1.165, 1.54) is 0 Å². The molecule has 118 valence electrons. The molecule has 0 aromatic heterocycles. The summed E-state index contributed by atoms with van der Waals surface area (Å²) in [6.07, 6.45) is 2.45. The zero-order chi connectivity index (χ0) is 15.7. The van der Waals surface area contributed by atoms with Crippen LogP contribution < -0.4 is 4.72 Å². The van der Waals surface area contributed by atoms with Crippen LogP contribution >= 0.6 is 0 Å². The van der Waals surface area contributed by atoms with Crippen molar-refractivity contribution < 1.29 is 18.7 Å². The molecule has 1 saturated heterocycles. The number of hydrogen-bond donors (Lipinski definition) is 2. The van der Waals surface area contributed by atoms with Crippen molar-refractivity contribution in [2.24, 2.45) is 5.92 Å². The highest BCUT2D eigenvalue weighted by Crippen LogP contribution is 2.40. The standard InChI is InChI=1S/C15H18N2O4S/c18-14(10-4-2-1-3-5-10)13-7-6-12-11(8-9-17(12)13)15(19)16-22(20)21/h1-5,7,11-12,14,18H,6,8-9H2,(H,16,19)(H,20,21)/p-1/t11?,12-,14-/m0/s1. The highest BCUT2D eigenvalue weighted by Gasteiger charge is 2.43. The maximum Gasteiger partial charge on any atom is 0.236 e. The van der Waals surface area contributed by atoms with Crippen molar-refractivity contribution in [2.75, 3.05) is 6.54 Å². The average molecular weight is 321 g/mol. The van der Waals surface area contributed by atoms with Crippen LogP contribution in [0.15, 0.2) is 42.1 Å². The summed E-state index contributed by atoms with van der Waals surface area (Å²) >= 11 is -2.58. The summed E-state index contributed by atoms with van der Waals surface area (Å²) in [5.41, 5.74) is 1.61. The fourth-order valence-corrected chi connectivity index (χ4v) is 3.68. The third-order valence-electron chi connectivity index (χ3n) is 4.36. The molecule has 1 fully saturated rings. The normalized spacial score (nSPS) is 26.3. The van der Waals surface area contributed by atoms with Crippen molar-refractivity contribution in [1.29, 1.82) is 0 Å². The Balaban J connectivity index is 1.72. The first-order chi connectivity index (χ1) is 10.6. The van der Waals surface area contributed by atoms with Crippen LogP contribution in [-0.2, 0) is 16.1 Å². The lowest BCUT2D eigenvalue weighted by Crippen LogP contribution is -2.38. The van der Waals surface area contributed by atoms with Crippen molar-refractivity contribution >= 4 is 17.2 Å². The van der Waals surface area contributed by atoms with Crippen LogP contribution in [0.4, 0.5) is 0 Å². The summed E-state index contributed by atoms with van der Waals surface area (Å²) < 4.78 is 23.2. The molecule has 2 heterocycles. The number of hydrogen-bond acceptors (Lipinski definition) is 5. The van der Waals surface area contributed by atoms with Crippen molar-refractivity contribution in [2.45, 2.75) is 25.0 Å². The lowest BCUT2D eigenvalue weighted by molar-refractivity contribution is -0.123. The first kappa shape index (κ1) is 15.2. The first-order valence-corrected chi connectivity index (χ1v) is 8.25. The Morgan fingerprint density at radius 2 is 2.14 bits per heavy atom. The SMILES string of the molecule is O=C(NS(=O)[O-])C1CCN2C([C@@H](O)c3ccccc3)=CC[C@@H]12. The van der Waals surface area contributed by atoms with Crippen molar-refractivity contribution in [3.05, 3.63) is 47.7 Å². The van der Waals surface area contributed by atoms with Crippen LogP contribution in [-0.4, -0.2) is 37.3 Å². The quantitative estimate of drug-likeness (QED) is 0.793. The van der Waals surface area contributed by atoms with Gasteiger partial charge >= 0.3 is 0 Å². The van der Waals surface area contributed by atoms with Crippen molar-refractivity contribution in [3.63, 3.8) is 0 Å². The van der Waals surface area contributed by atoms with Gasteiger partial charge in [0.2, 0.25) is 5.91 Å². The molecule has 1 aromatic carbocycles. The molecule has 3 rings (SSSR count). The van der Waals surface area contributed by atoms with Gasteiger partial charge in [-0.2, -0.15) is 0 Å². The van der Waals surface area contributed by atoms with E-state index in [2.05, 4.69) is 0 Å². The van der Waals surface area contributed by atoms with E-state index in [-0.39, 0.29) is 12.0 Å². The number of nitrogens with zero attached hydrogens (tertiary/aromatic N) is 1. The van der Waals surface area contributed by atoms with E-state index >= 15 is 0 Å². The van der Waals surface area contributed by atoms with E-state index in [4.69, 9.17) is 0 Å². The van der Waals surface area contributed by atoms with Gasteiger partial charge in [-0.05, 0) is 18.4 Å². The molecule has 0 saturated carbocycles. The molecular formula is C15H17N2O4S-. The molecule has 0 radical (unpaired) electrons. The van der Waals surface area contributed by atoms with Crippen LogP contribution in [0.25, 0.3) is 0 Å². The van der Waals surface area contributed by atoms with Crippen molar-refractivity contribution in [1.82, 2.24) is 9.62 Å². The fourth-order valence-electron chi connectivity index (χ4n) is 3.36. The van der Waals surface area contributed by atoms with E-state index in [0.29, 0.717) is 19.4 Å². The van der Waals surface area contributed by atoms with Crippen LogP contribution in [0.2, 0.25) is 0 Å². The molecule has 0 spiro atoms. The van der Waals surface area contributed by atoms with E-state index in [0.717, 1.165) is 11.3 Å². The Morgan fingerprint density at radius 1 is 1.41 bits per heavy atom. The summed E-state index contributed by atoms with van der Waals surface area (Å²) in [4.78, 5) is 14.0. The number of fused-ring (bicyclic) bond motifs is 1.